The van der Waals surface area contributed by atoms with Gasteiger partial charge >= 0.3 is 0 Å². The molecule has 0 heterocycles. The van der Waals surface area contributed by atoms with E-state index in [9.17, 15) is 4.79 Å². The Labute approximate surface area is 55.4 Å². The van der Waals surface area contributed by atoms with Crippen molar-refractivity contribution in [2.45, 2.75) is 32.1 Å². The Hall–Kier alpha value is -0.330. The lowest BCUT2D eigenvalue weighted by molar-refractivity contribution is -0.113. The molecule has 2 rings (SSSR count). The second-order valence-electron chi connectivity index (χ2n) is 3.50. The molecule has 0 N–H and O–H groups in total. The zero-order chi connectivity index (χ0) is 6.32. The standard InChI is InChI=1S/C8H12O/c9-6-8-4-2-1-3-7(8)5-8/h6-7H,1-5H2. The second kappa shape index (κ2) is 1.59. The van der Waals surface area contributed by atoms with E-state index in [2.05, 4.69) is 0 Å². The predicted molar refractivity (Wildman–Crippen MR) is 35.1 cm³/mol. The van der Waals surface area contributed by atoms with Crippen LogP contribution in [0.3, 0.4) is 0 Å². The summed E-state index contributed by atoms with van der Waals surface area (Å²) in [4.78, 5) is 10.5. The van der Waals surface area contributed by atoms with E-state index in [1.165, 1.54) is 38.4 Å². The molecular weight excluding hydrogens is 112 g/mol. The van der Waals surface area contributed by atoms with E-state index >= 15 is 0 Å². The Kier molecular flexibility index (Phi) is 0.961. The number of aldehydes is 1. The molecular formula is C8H12O. The van der Waals surface area contributed by atoms with Crippen LogP contribution in [0, 0.1) is 11.3 Å². The molecule has 2 aliphatic rings. The van der Waals surface area contributed by atoms with Crippen LogP contribution < -0.4 is 0 Å². The van der Waals surface area contributed by atoms with Gasteiger partial charge < -0.3 is 4.79 Å². The molecule has 9 heavy (non-hydrogen) atoms. The van der Waals surface area contributed by atoms with Gasteiger partial charge in [0.1, 0.15) is 6.29 Å². The van der Waals surface area contributed by atoms with Crippen LogP contribution in [0.4, 0.5) is 0 Å². The summed E-state index contributed by atoms with van der Waals surface area (Å²) in [6, 6.07) is 0. The van der Waals surface area contributed by atoms with Crippen molar-refractivity contribution < 1.29 is 4.79 Å². The summed E-state index contributed by atoms with van der Waals surface area (Å²) in [7, 11) is 0. The van der Waals surface area contributed by atoms with Gasteiger partial charge in [-0.25, -0.2) is 0 Å². The van der Waals surface area contributed by atoms with E-state index in [0.717, 1.165) is 5.92 Å². The van der Waals surface area contributed by atoms with Crippen LogP contribution >= 0.6 is 0 Å². The van der Waals surface area contributed by atoms with Crippen LogP contribution in [0.1, 0.15) is 32.1 Å². The molecule has 1 nitrogen and oxygen atoms in total. The van der Waals surface area contributed by atoms with E-state index in [0.29, 0.717) is 0 Å². The SMILES string of the molecule is O=CC12CCCCC1C2. The Balaban J connectivity index is 2.09. The molecule has 50 valence electrons. The van der Waals surface area contributed by atoms with Crippen molar-refractivity contribution in [2.75, 3.05) is 0 Å². The van der Waals surface area contributed by atoms with Gasteiger partial charge in [-0.2, -0.15) is 0 Å². The Morgan fingerprint density at radius 1 is 1.44 bits per heavy atom. The van der Waals surface area contributed by atoms with E-state index in [4.69, 9.17) is 0 Å². The summed E-state index contributed by atoms with van der Waals surface area (Å²) in [6.07, 6.45) is 7.56. The molecule has 0 amide bonds. The first-order valence-electron chi connectivity index (χ1n) is 3.84. The average Bonchev–Trinajstić information content (AvgIpc) is 2.62. The lowest BCUT2D eigenvalue weighted by Gasteiger charge is -2.14. The Morgan fingerprint density at radius 3 is 2.89 bits per heavy atom. The summed E-state index contributed by atoms with van der Waals surface area (Å²) < 4.78 is 0. The largest absolute Gasteiger partial charge is 0.303 e. The maximum absolute atomic E-state index is 10.5. The predicted octanol–water partition coefficient (Wildman–Crippen LogP) is 1.77. The van der Waals surface area contributed by atoms with E-state index < -0.39 is 0 Å². The van der Waals surface area contributed by atoms with Crippen LogP contribution in [0.15, 0.2) is 0 Å². The molecule has 0 aromatic carbocycles. The van der Waals surface area contributed by atoms with Crippen molar-refractivity contribution in [1.29, 1.82) is 0 Å². The molecule has 1 heteroatoms. The highest BCUT2D eigenvalue weighted by Gasteiger charge is 2.54. The van der Waals surface area contributed by atoms with Crippen molar-refractivity contribution in [3.05, 3.63) is 0 Å². The Bertz CT molecular complexity index is 142. The number of hydrogen-bond donors (Lipinski definition) is 0. The van der Waals surface area contributed by atoms with E-state index in [1.54, 1.807) is 0 Å². The fourth-order valence-corrected chi connectivity index (χ4v) is 2.14. The molecule has 2 fully saturated rings. The quantitative estimate of drug-likeness (QED) is 0.487. The van der Waals surface area contributed by atoms with Crippen LogP contribution in [-0.2, 0) is 4.79 Å². The minimum atomic E-state index is 0.207. The lowest BCUT2D eigenvalue weighted by Crippen LogP contribution is -2.09. The first kappa shape index (κ1) is 5.45. The molecule has 0 radical (unpaired) electrons. The highest BCUT2D eigenvalue weighted by molar-refractivity contribution is 5.64. The summed E-state index contributed by atoms with van der Waals surface area (Å²) in [5.74, 6) is 0.795. The van der Waals surface area contributed by atoms with Gasteiger partial charge in [-0.1, -0.05) is 12.8 Å². The van der Waals surface area contributed by atoms with Gasteiger partial charge in [0.15, 0.2) is 0 Å². The molecule has 0 bridgehead atoms. The number of fused-ring (bicyclic) bond motifs is 1. The number of rotatable bonds is 1. The van der Waals surface area contributed by atoms with Crippen molar-refractivity contribution in [3.63, 3.8) is 0 Å². The molecule has 0 aliphatic heterocycles. The maximum atomic E-state index is 10.5. The Morgan fingerprint density at radius 2 is 2.33 bits per heavy atom. The van der Waals surface area contributed by atoms with Gasteiger partial charge in [0.05, 0.1) is 0 Å². The molecule has 0 saturated heterocycles. The van der Waals surface area contributed by atoms with Crippen LogP contribution in [-0.4, -0.2) is 6.29 Å². The van der Waals surface area contributed by atoms with Crippen molar-refractivity contribution >= 4 is 6.29 Å². The minimum Gasteiger partial charge on any atom is -0.303 e. The van der Waals surface area contributed by atoms with Crippen molar-refractivity contribution in [2.24, 2.45) is 11.3 Å². The van der Waals surface area contributed by atoms with Gasteiger partial charge in [-0.3, -0.25) is 0 Å². The highest BCUT2D eigenvalue weighted by Crippen LogP contribution is 2.59. The third kappa shape index (κ3) is 0.637. The topological polar surface area (TPSA) is 17.1 Å². The number of carbonyl (C=O) groups excluding carboxylic acids is 1. The van der Waals surface area contributed by atoms with Crippen LogP contribution in [0.2, 0.25) is 0 Å². The van der Waals surface area contributed by atoms with Gasteiger partial charge in [0.25, 0.3) is 0 Å². The molecule has 2 saturated carbocycles. The summed E-state index contributed by atoms with van der Waals surface area (Å²) >= 11 is 0. The van der Waals surface area contributed by atoms with Gasteiger partial charge in [0.2, 0.25) is 0 Å². The average molecular weight is 124 g/mol. The molecule has 2 unspecified atom stereocenters. The summed E-state index contributed by atoms with van der Waals surface area (Å²) in [5, 5.41) is 0. The fraction of sp³-hybridized carbons (Fsp3) is 0.875. The number of carbonyl (C=O) groups is 1. The van der Waals surface area contributed by atoms with Crippen molar-refractivity contribution in [3.8, 4) is 0 Å². The van der Waals surface area contributed by atoms with Gasteiger partial charge in [-0.15, -0.1) is 0 Å². The smallest absolute Gasteiger partial charge is 0.126 e. The molecule has 0 aromatic rings. The molecule has 0 aromatic heterocycles. The third-order valence-corrected chi connectivity index (χ3v) is 2.96. The van der Waals surface area contributed by atoms with Crippen LogP contribution in [0.25, 0.3) is 0 Å². The van der Waals surface area contributed by atoms with Crippen LogP contribution in [0.5, 0.6) is 0 Å². The molecule has 2 aliphatic carbocycles. The zero-order valence-corrected chi connectivity index (χ0v) is 5.60. The van der Waals surface area contributed by atoms with Gasteiger partial charge in [-0.05, 0) is 25.2 Å². The first-order valence-corrected chi connectivity index (χ1v) is 3.84. The zero-order valence-electron chi connectivity index (χ0n) is 5.60. The molecule has 2 atom stereocenters. The normalized spacial score (nSPS) is 47.8. The molecule has 0 spiro atoms. The first-order chi connectivity index (χ1) is 4.37. The second-order valence-corrected chi connectivity index (χ2v) is 3.50. The fourth-order valence-electron chi connectivity index (χ4n) is 2.14. The summed E-state index contributed by atoms with van der Waals surface area (Å²) in [5.41, 5.74) is 0.207. The van der Waals surface area contributed by atoms with Crippen molar-refractivity contribution in [1.82, 2.24) is 0 Å². The monoisotopic (exact) mass is 124 g/mol. The van der Waals surface area contributed by atoms with E-state index in [1.807, 2.05) is 0 Å². The van der Waals surface area contributed by atoms with Gasteiger partial charge in [0, 0.05) is 5.41 Å². The number of hydrogen-bond acceptors (Lipinski definition) is 1. The van der Waals surface area contributed by atoms with E-state index in [-0.39, 0.29) is 5.41 Å². The minimum absolute atomic E-state index is 0.207. The third-order valence-electron chi connectivity index (χ3n) is 2.96. The highest BCUT2D eigenvalue weighted by atomic mass is 16.1. The maximum Gasteiger partial charge on any atom is 0.126 e. The lowest BCUT2D eigenvalue weighted by atomic mass is 9.90. The summed E-state index contributed by atoms with van der Waals surface area (Å²) in [6.45, 7) is 0.